The van der Waals surface area contributed by atoms with Crippen LogP contribution >= 0.6 is 0 Å². The van der Waals surface area contributed by atoms with Crippen molar-refractivity contribution in [1.29, 1.82) is 0 Å². The monoisotopic (exact) mass is 417 g/mol. The Balaban J connectivity index is 1.15. The summed E-state index contributed by atoms with van der Waals surface area (Å²) >= 11 is 0. The molecule has 30 heavy (non-hydrogen) atoms. The van der Waals surface area contributed by atoms with Gasteiger partial charge in [-0.05, 0) is 73.2 Å². The summed E-state index contributed by atoms with van der Waals surface area (Å²) in [7, 11) is 0. The Kier molecular flexibility index (Phi) is 5.35. The van der Waals surface area contributed by atoms with Gasteiger partial charge in [-0.25, -0.2) is 8.78 Å². The van der Waals surface area contributed by atoms with Crippen molar-refractivity contribution in [1.82, 2.24) is 4.90 Å². The predicted octanol–water partition coefficient (Wildman–Crippen LogP) is 3.07. The van der Waals surface area contributed by atoms with Gasteiger partial charge in [-0.2, -0.15) is 0 Å². The first-order chi connectivity index (χ1) is 14.5. The van der Waals surface area contributed by atoms with Crippen LogP contribution in [0, 0.1) is 11.6 Å². The molecule has 1 unspecified atom stereocenters. The smallest absolute Gasteiger partial charge is 0.126 e. The standard InChI is InChI=1S/C23H25F2NO4/c24-16-3-7-19-14(9-16)1-5-21(29-19)18(27)11-26-12-23(28-13-26)22-6-2-15-10-17(25)4-8-20(15)30-22/h3-4,7-10,18,21-23,27H,1-2,5-6,11-13H2/t18-,21?,22+,23+/m0/s1. The first-order valence-electron chi connectivity index (χ1n) is 10.5. The van der Waals surface area contributed by atoms with Crippen LogP contribution in [0.25, 0.3) is 0 Å². The van der Waals surface area contributed by atoms with Gasteiger partial charge >= 0.3 is 0 Å². The second-order valence-corrected chi connectivity index (χ2v) is 8.33. The van der Waals surface area contributed by atoms with E-state index in [0.717, 1.165) is 29.7 Å². The van der Waals surface area contributed by atoms with Gasteiger partial charge in [0.05, 0.1) is 6.73 Å². The number of rotatable bonds is 4. The zero-order valence-corrected chi connectivity index (χ0v) is 16.6. The van der Waals surface area contributed by atoms with Gasteiger partial charge in [0.1, 0.15) is 47.5 Å². The number of aliphatic hydroxyl groups excluding tert-OH is 1. The number of hydrogen-bond acceptors (Lipinski definition) is 5. The molecule has 1 fully saturated rings. The Morgan fingerprint density at radius 2 is 1.60 bits per heavy atom. The van der Waals surface area contributed by atoms with Gasteiger partial charge in [-0.1, -0.05) is 0 Å². The van der Waals surface area contributed by atoms with Crippen LogP contribution in [-0.4, -0.2) is 54.2 Å². The van der Waals surface area contributed by atoms with Crippen molar-refractivity contribution < 1.29 is 28.1 Å². The molecule has 5 nitrogen and oxygen atoms in total. The van der Waals surface area contributed by atoms with Crippen LogP contribution in [0.3, 0.4) is 0 Å². The second-order valence-electron chi connectivity index (χ2n) is 8.33. The van der Waals surface area contributed by atoms with E-state index in [0.29, 0.717) is 38.4 Å². The van der Waals surface area contributed by atoms with Gasteiger partial charge in [-0.15, -0.1) is 0 Å². The summed E-state index contributed by atoms with van der Waals surface area (Å²) in [6, 6.07) is 9.12. The van der Waals surface area contributed by atoms with Crippen molar-refractivity contribution in [3.8, 4) is 11.5 Å². The van der Waals surface area contributed by atoms with Crippen molar-refractivity contribution in [2.24, 2.45) is 0 Å². The normalized spacial score (nSPS) is 27.0. The van der Waals surface area contributed by atoms with Crippen molar-refractivity contribution in [2.45, 2.75) is 50.1 Å². The Labute approximate surface area is 174 Å². The first-order valence-corrected chi connectivity index (χ1v) is 10.5. The summed E-state index contributed by atoms with van der Waals surface area (Å²) in [5.41, 5.74) is 1.74. The lowest BCUT2D eigenvalue weighted by Gasteiger charge is -2.31. The summed E-state index contributed by atoms with van der Waals surface area (Å²) in [5, 5.41) is 10.7. The summed E-state index contributed by atoms with van der Waals surface area (Å²) < 4.78 is 44.6. The van der Waals surface area contributed by atoms with Crippen molar-refractivity contribution in [3.63, 3.8) is 0 Å². The van der Waals surface area contributed by atoms with Gasteiger partial charge in [-0.3, -0.25) is 4.90 Å². The van der Waals surface area contributed by atoms with Crippen LogP contribution in [0.2, 0.25) is 0 Å². The van der Waals surface area contributed by atoms with Crippen LogP contribution in [0.5, 0.6) is 11.5 Å². The number of fused-ring (bicyclic) bond motifs is 2. The fourth-order valence-electron chi connectivity index (χ4n) is 4.58. The highest BCUT2D eigenvalue weighted by atomic mass is 19.1. The average Bonchev–Trinajstić information content (AvgIpc) is 3.21. The molecule has 2 aromatic carbocycles. The minimum Gasteiger partial charge on any atom is -0.487 e. The molecular weight excluding hydrogens is 392 g/mol. The zero-order chi connectivity index (χ0) is 20.7. The third-order valence-corrected chi connectivity index (χ3v) is 6.20. The number of nitrogens with zero attached hydrogens (tertiary/aromatic N) is 1. The largest absolute Gasteiger partial charge is 0.487 e. The highest BCUT2D eigenvalue weighted by Gasteiger charge is 2.36. The maximum Gasteiger partial charge on any atom is 0.126 e. The molecule has 0 radical (unpaired) electrons. The van der Waals surface area contributed by atoms with Gasteiger partial charge in [0, 0.05) is 13.1 Å². The zero-order valence-electron chi connectivity index (χ0n) is 16.6. The molecule has 0 aromatic heterocycles. The van der Waals surface area contributed by atoms with Crippen molar-refractivity contribution >= 4 is 0 Å². The topological polar surface area (TPSA) is 51.2 Å². The molecule has 3 aliphatic heterocycles. The van der Waals surface area contributed by atoms with E-state index >= 15 is 0 Å². The molecule has 0 spiro atoms. The quantitative estimate of drug-likeness (QED) is 0.829. The molecule has 3 heterocycles. The van der Waals surface area contributed by atoms with E-state index in [9.17, 15) is 13.9 Å². The van der Waals surface area contributed by atoms with Gasteiger partial charge in [0.2, 0.25) is 0 Å². The second kappa shape index (κ2) is 8.13. The minimum absolute atomic E-state index is 0.0854. The molecule has 1 saturated heterocycles. The maximum absolute atomic E-state index is 13.4. The fraction of sp³-hybridized carbons (Fsp3) is 0.478. The fourth-order valence-corrected chi connectivity index (χ4v) is 4.58. The minimum atomic E-state index is -0.665. The molecule has 5 rings (SSSR count). The molecule has 0 bridgehead atoms. The van der Waals surface area contributed by atoms with E-state index in [-0.39, 0.29) is 29.9 Å². The summed E-state index contributed by atoms with van der Waals surface area (Å²) in [5.74, 6) is 0.855. The molecular formula is C23H25F2NO4. The highest BCUT2D eigenvalue weighted by Crippen LogP contribution is 2.32. The van der Waals surface area contributed by atoms with Gasteiger partial charge in [0.15, 0.2) is 0 Å². The van der Waals surface area contributed by atoms with Gasteiger partial charge in [0.25, 0.3) is 0 Å². The average molecular weight is 417 g/mol. The lowest BCUT2D eigenvalue weighted by Crippen LogP contribution is -2.44. The Morgan fingerprint density at radius 1 is 0.933 bits per heavy atom. The van der Waals surface area contributed by atoms with Crippen molar-refractivity contribution in [2.75, 3.05) is 19.8 Å². The molecule has 4 atom stereocenters. The predicted molar refractivity (Wildman–Crippen MR) is 106 cm³/mol. The number of aryl methyl sites for hydroxylation is 2. The molecule has 160 valence electrons. The number of aliphatic hydroxyl groups is 1. The lowest BCUT2D eigenvalue weighted by molar-refractivity contribution is -0.0118. The SMILES string of the molecule is O[C@@H](CN1CO[C@@H]([C@H]2CCc3cc(F)ccc3O2)C1)C1CCc2cc(F)ccc2O1. The first kappa shape index (κ1) is 19.7. The highest BCUT2D eigenvalue weighted by molar-refractivity contribution is 5.36. The number of hydrogen-bond donors (Lipinski definition) is 1. The Bertz CT molecular complexity index is 924. The number of β-amino-alcohol motifs (C(OH)–C–C–N with tert-alkyl or cyclic N) is 1. The Hall–Kier alpha value is -2.22. The maximum atomic E-state index is 13.4. The molecule has 7 heteroatoms. The van der Waals surface area contributed by atoms with Crippen LogP contribution in [0.15, 0.2) is 36.4 Å². The van der Waals surface area contributed by atoms with E-state index < -0.39 is 6.10 Å². The summed E-state index contributed by atoms with van der Waals surface area (Å²) in [6.45, 7) is 1.52. The third-order valence-electron chi connectivity index (χ3n) is 6.20. The third kappa shape index (κ3) is 4.02. The lowest BCUT2D eigenvalue weighted by atomic mass is 9.98. The summed E-state index contributed by atoms with van der Waals surface area (Å²) in [6.07, 6.45) is 1.70. The number of ether oxygens (including phenoxy) is 3. The van der Waals surface area contributed by atoms with E-state index in [2.05, 4.69) is 4.90 Å². The van der Waals surface area contributed by atoms with Crippen LogP contribution in [0.1, 0.15) is 24.0 Å². The molecule has 0 aliphatic carbocycles. The van der Waals surface area contributed by atoms with E-state index in [1.165, 1.54) is 24.3 Å². The molecule has 2 aromatic rings. The van der Waals surface area contributed by atoms with Crippen LogP contribution in [-0.2, 0) is 17.6 Å². The van der Waals surface area contributed by atoms with E-state index in [1.807, 2.05) is 0 Å². The van der Waals surface area contributed by atoms with Crippen LogP contribution < -0.4 is 9.47 Å². The molecule has 3 aliphatic rings. The molecule has 0 saturated carbocycles. The van der Waals surface area contributed by atoms with Gasteiger partial charge < -0.3 is 19.3 Å². The van der Waals surface area contributed by atoms with Crippen LogP contribution in [0.4, 0.5) is 8.78 Å². The Morgan fingerprint density at radius 3 is 2.33 bits per heavy atom. The van der Waals surface area contributed by atoms with Crippen molar-refractivity contribution in [3.05, 3.63) is 59.2 Å². The molecule has 0 amide bonds. The number of benzene rings is 2. The summed E-state index contributed by atoms with van der Waals surface area (Å²) in [4.78, 5) is 2.06. The number of halogens is 2. The van der Waals surface area contributed by atoms with E-state index in [4.69, 9.17) is 14.2 Å². The van der Waals surface area contributed by atoms with E-state index in [1.54, 1.807) is 12.1 Å². The molecule has 1 N–H and O–H groups in total.